The SMILES string of the molecule is CC(C)(C)N(Cc1cccc(F)c1)C(=O)CN1CCCCC1C(=O)O. The van der Waals surface area contributed by atoms with Crippen LogP contribution < -0.4 is 0 Å². The molecule has 0 saturated carbocycles. The van der Waals surface area contributed by atoms with Crippen LogP contribution in [0.3, 0.4) is 0 Å². The molecule has 1 heterocycles. The van der Waals surface area contributed by atoms with Gasteiger partial charge in [0.2, 0.25) is 5.91 Å². The van der Waals surface area contributed by atoms with E-state index in [2.05, 4.69) is 0 Å². The molecule has 138 valence electrons. The second-order valence-electron chi connectivity index (χ2n) is 7.60. The molecule has 25 heavy (non-hydrogen) atoms. The van der Waals surface area contributed by atoms with E-state index in [1.165, 1.54) is 12.1 Å². The number of benzene rings is 1. The number of carbonyl (C=O) groups is 2. The van der Waals surface area contributed by atoms with E-state index in [9.17, 15) is 19.1 Å². The molecule has 0 radical (unpaired) electrons. The second-order valence-corrected chi connectivity index (χ2v) is 7.60. The maximum Gasteiger partial charge on any atom is 0.320 e. The minimum absolute atomic E-state index is 0.0730. The maximum atomic E-state index is 13.5. The van der Waals surface area contributed by atoms with Gasteiger partial charge in [0.25, 0.3) is 0 Å². The van der Waals surface area contributed by atoms with Gasteiger partial charge >= 0.3 is 5.97 Å². The maximum absolute atomic E-state index is 13.5. The predicted molar refractivity (Wildman–Crippen MR) is 93.6 cm³/mol. The number of halogens is 1. The van der Waals surface area contributed by atoms with Gasteiger partial charge in [-0.05, 0) is 57.9 Å². The summed E-state index contributed by atoms with van der Waals surface area (Å²) in [6.07, 6.45) is 2.34. The van der Waals surface area contributed by atoms with Crippen molar-refractivity contribution in [2.45, 2.75) is 58.2 Å². The summed E-state index contributed by atoms with van der Waals surface area (Å²) in [6.45, 7) is 6.76. The zero-order valence-corrected chi connectivity index (χ0v) is 15.2. The minimum Gasteiger partial charge on any atom is -0.480 e. The van der Waals surface area contributed by atoms with E-state index < -0.39 is 17.6 Å². The Bertz CT molecular complexity index is 627. The molecule has 0 aromatic heterocycles. The van der Waals surface area contributed by atoms with Crippen LogP contribution in [0.2, 0.25) is 0 Å². The first-order valence-electron chi connectivity index (χ1n) is 8.70. The van der Waals surface area contributed by atoms with Gasteiger partial charge in [-0.3, -0.25) is 14.5 Å². The molecular weight excluding hydrogens is 323 g/mol. The fraction of sp³-hybridized carbons (Fsp3) is 0.579. The molecule has 2 rings (SSSR count). The van der Waals surface area contributed by atoms with Gasteiger partial charge in [-0.25, -0.2) is 4.39 Å². The highest BCUT2D eigenvalue weighted by atomic mass is 19.1. The summed E-state index contributed by atoms with van der Waals surface area (Å²) < 4.78 is 13.5. The third kappa shape index (κ3) is 5.26. The first-order valence-corrected chi connectivity index (χ1v) is 8.70. The topological polar surface area (TPSA) is 60.9 Å². The van der Waals surface area contributed by atoms with Crippen molar-refractivity contribution in [3.05, 3.63) is 35.6 Å². The van der Waals surface area contributed by atoms with Crippen LogP contribution in [0.5, 0.6) is 0 Å². The average Bonchev–Trinajstić information content (AvgIpc) is 2.52. The van der Waals surface area contributed by atoms with Crippen molar-refractivity contribution in [3.8, 4) is 0 Å². The Morgan fingerprint density at radius 3 is 2.64 bits per heavy atom. The highest BCUT2D eigenvalue weighted by molar-refractivity contribution is 5.80. The zero-order valence-electron chi connectivity index (χ0n) is 15.2. The van der Waals surface area contributed by atoms with E-state index in [4.69, 9.17) is 0 Å². The van der Waals surface area contributed by atoms with Gasteiger partial charge in [0.1, 0.15) is 11.9 Å². The standard InChI is InChI=1S/C19H27FN2O3/c1-19(2,3)22(12-14-7-6-8-15(20)11-14)17(23)13-21-10-5-4-9-16(21)18(24)25/h6-8,11,16H,4-5,9-10,12-13H2,1-3H3,(H,24,25). The summed E-state index contributed by atoms with van der Waals surface area (Å²) in [4.78, 5) is 27.8. The Labute approximate surface area is 148 Å². The number of hydrogen-bond donors (Lipinski definition) is 1. The molecule has 1 unspecified atom stereocenters. The number of likely N-dealkylation sites (tertiary alicyclic amines) is 1. The Morgan fingerprint density at radius 2 is 2.04 bits per heavy atom. The zero-order chi connectivity index (χ0) is 18.6. The first kappa shape index (κ1) is 19.4. The molecule has 0 spiro atoms. The first-order chi connectivity index (χ1) is 11.7. The minimum atomic E-state index is -0.875. The number of carbonyl (C=O) groups excluding carboxylic acids is 1. The molecule has 1 aromatic carbocycles. The number of nitrogens with zero attached hydrogens (tertiary/aromatic N) is 2. The molecule has 1 aliphatic rings. The van der Waals surface area contributed by atoms with Crippen molar-refractivity contribution in [2.24, 2.45) is 0 Å². The molecule has 0 aliphatic carbocycles. The van der Waals surface area contributed by atoms with Crippen LogP contribution in [0, 0.1) is 5.82 Å². The van der Waals surface area contributed by atoms with Crippen molar-refractivity contribution >= 4 is 11.9 Å². The summed E-state index contributed by atoms with van der Waals surface area (Å²) in [5.41, 5.74) is 0.273. The fourth-order valence-corrected chi connectivity index (χ4v) is 3.24. The number of aliphatic carboxylic acids is 1. The Balaban J connectivity index is 2.14. The largest absolute Gasteiger partial charge is 0.480 e. The van der Waals surface area contributed by atoms with Crippen molar-refractivity contribution in [2.75, 3.05) is 13.1 Å². The molecule has 5 nitrogen and oxygen atoms in total. The quantitative estimate of drug-likeness (QED) is 0.887. The number of carboxylic acids is 1. The molecular formula is C19H27FN2O3. The van der Waals surface area contributed by atoms with Crippen molar-refractivity contribution in [3.63, 3.8) is 0 Å². The lowest BCUT2D eigenvalue weighted by atomic mass is 10.0. The Morgan fingerprint density at radius 1 is 1.32 bits per heavy atom. The van der Waals surface area contributed by atoms with Crippen molar-refractivity contribution in [1.82, 2.24) is 9.80 Å². The summed E-state index contributed by atoms with van der Waals surface area (Å²) in [7, 11) is 0. The molecule has 1 aliphatic heterocycles. The smallest absolute Gasteiger partial charge is 0.320 e. The van der Waals surface area contributed by atoms with Gasteiger partial charge in [0.15, 0.2) is 0 Å². The highest BCUT2D eigenvalue weighted by Gasteiger charge is 2.33. The molecule has 1 atom stereocenters. The average molecular weight is 350 g/mol. The molecule has 1 saturated heterocycles. The lowest BCUT2D eigenvalue weighted by Gasteiger charge is -2.39. The number of piperidine rings is 1. The predicted octanol–water partition coefficient (Wildman–Crippen LogP) is 2.89. The van der Waals surface area contributed by atoms with Crippen LogP contribution in [0.1, 0.15) is 45.6 Å². The summed E-state index contributed by atoms with van der Waals surface area (Å²) in [5.74, 6) is -1.34. The normalized spacial score (nSPS) is 18.8. The van der Waals surface area contributed by atoms with Crippen LogP contribution in [0.15, 0.2) is 24.3 Å². The van der Waals surface area contributed by atoms with Gasteiger partial charge < -0.3 is 10.0 Å². The van der Waals surface area contributed by atoms with Gasteiger partial charge in [-0.1, -0.05) is 18.6 Å². The molecule has 1 fully saturated rings. The van der Waals surface area contributed by atoms with Gasteiger partial charge in [-0.15, -0.1) is 0 Å². The molecule has 6 heteroatoms. The van der Waals surface area contributed by atoms with Gasteiger partial charge in [0, 0.05) is 12.1 Å². The molecule has 0 bridgehead atoms. The van der Waals surface area contributed by atoms with E-state index in [-0.39, 0.29) is 18.3 Å². The van der Waals surface area contributed by atoms with E-state index in [1.807, 2.05) is 20.8 Å². The van der Waals surface area contributed by atoms with Crippen LogP contribution in [-0.2, 0) is 16.1 Å². The monoisotopic (exact) mass is 350 g/mol. The van der Waals surface area contributed by atoms with Crippen LogP contribution in [0.25, 0.3) is 0 Å². The van der Waals surface area contributed by atoms with E-state index in [0.29, 0.717) is 19.5 Å². The molecule has 1 aromatic rings. The number of rotatable bonds is 5. The van der Waals surface area contributed by atoms with E-state index >= 15 is 0 Å². The molecule has 1 N–H and O–H groups in total. The number of amides is 1. The highest BCUT2D eigenvalue weighted by Crippen LogP contribution is 2.21. The lowest BCUT2D eigenvalue weighted by Crippen LogP contribution is -2.53. The third-order valence-corrected chi connectivity index (χ3v) is 4.58. The van der Waals surface area contributed by atoms with E-state index in [1.54, 1.807) is 21.9 Å². The second kappa shape index (κ2) is 7.95. The Hall–Kier alpha value is -1.95. The summed E-state index contributed by atoms with van der Waals surface area (Å²) >= 11 is 0. The van der Waals surface area contributed by atoms with Crippen LogP contribution in [-0.4, -0.2) is 51.5 Å². The van der Waals surface area contributed by atoms with Crippen LogP contribution in [0.4, 0.5) is 4.39 Å². The third-order valence-electron chi connectivity index (χ3n) is 4.58. The van der Waals surface area contributed by atoms with Gasteiger partial charge in [-0.2, -0.15) is 0 Å². The Kier molecular flexibility index (Phi) is 6.16. The summed E-state index contributed by atoms with van der Waals surface area (Å²) in [5, 5.41) is 9.38. The fourth-order valence-electron chi connectivity index (χ4n) is 3.24. The van der Waals surface area contributed by atoms with Crippen molar-refractivity contribution in [1.29, 1.82) is 0 Å². The van der Waals surface area contributed by atoms with E-state index in [0.717, 1.165) is 18.4 Å². The van der Waals surface area contributed by atoms with Crippen molar-refractivity contribution < 1.29 is 19.1 Å². The lowest BCUT2D eigenvalue weighted by molar-refractivity contribution is -0.147. The summed E-state index contributed by atoms with van der Waals surface area (Å²) in [6, 6.07) is 5.61. The van der Waals surface area contributed by atoms with Crippen LogP contribution >= 0.6 is 0 Å². The van der Waals surface area contributed by atoms with Gasteiger partial charge in [0.05, 0.1) is 6.54 Å². The number of carboxylic acid groups (broad SMARTS) is 1. The molecule has 1 amide bonds. The number of hydrogen-bond acceptors (Lipinski definition) is 3.